The van der Waals surface area contributed by atoms with Crippen LogP contribution in [0.5, 0.6) is 0 Å². The smallest absolute Gasteiger partial charge is 0.127 e. The second kappa shape index (κ2) is 7.72. The van der Waals surface area contributed by atoms with E-state index in [0.717, 1.165) is 38.3 Å². The summed E-state index contributed by atoms with van der Waals surface area (Å²) in [5.74, 6) is 0.446. The van der Waals surface area contributed by atoms with Gasteiger partial charge in [-0.05, 0) is 26.1 Å². The molecule has 1 N–H and O–H groups in total. The molecule has 0 aromatic heterocycles. The third kappa shape index (κ3) is 4.27. The molecule has 4 heteroatoms. The lowest BCUT2D eigenvalue weighted by molar-refractivity contribution is 0.166. The van der Waals surface area contributed by atoms with Crippen LogP contribution in [0.2, 0.25) is 0 Å². The summed E-state index contributed by atoms with van der Waals surface area (Å²) in [6, 6.07) is 7.41. The number of halogens is 1. The second-order valence-corrected chi connectivity index (χ2v) is 5.58. The zero-order valence-corrected chi connectivity index (χ0v) is 12.4. The summed E-state index contributed by atoms with van der Waals surface area (Å²) in [7, 11) is 2.05. The molecule has 112 valence electrons. The Bertz CT molecular complexity index is 407. The molecule has 1 fully saturated rings. The van der Waals surface area contributed by atoms with E-state index in [1.165, 1.54) is 6.07 Å². The molecule has 1 aliphatic rings. The molecule has 20 heavy (non-hydrogen) atoms. The normalized spacial score (nSPS) is 20.5. The zero-order chi connectivity index (χ0) is 14.4. The lowest BCUT2D eigenvalue weighted by Crippen LogP contribution is -2.44. The first-order chi connectivity index (χ1) is 9.70. The van der Waals surface area contributed by atoms with Gasteiger partial charge in [0.2, 0.25) is 0 Å². The van der Waals surface area contributed by atoms with Gasteiger partial charge in [0.1, 0.15) is 5.82 Å². The third-order valence-corrected chi connectivity index (χ3v) is 3.91. The number of nitrogens with one attached hydrogen (secondary N) is 1. The van der Waals surface area contributed by atoms with Gasteiger partial charge in [0, 0.05) is 37.2 Å². The summed E-state index contributed by atoms with van der Waals surface area (Å²) < 4.78 is 19.2. The zero-order valence-electron chi connectivity index (χ0n) is 12.4. The van der Waals surface area contributed by atoms with Crippen molar-refractivity contribution in [1.82, 2.24) is 10.2 Å². The SMILES string of the molecule is CCNC(CN(C)Cc1ccccc1F)C1CCOC1. The van der Waals surface area contributed by atoms with Crippen LogP contribution >= 0.6 is 0 Å². The van der Waals surface area contributed by atoms with Crippen molar-refractivity contribution < 1.29 is 9.13 Å². The molecule has 0 aliphatic carbocycles. The van der Waals surface area contributed by atoms with E-state index in [1.807, 2.05) is 19.2 Å². The van der Waals surface area contributed by atoms with E-state index in [2.05, 4.69) is 17.1 Å². The molecule has 0 bridgehead atoms. The minimum Gasteiger partial charge on any atom is -0.381 e. The van der Waals surface area contributed by atoms with Crippen LogP contribution in [0.1, 0.15) is 18.9 Å². The van der Waals surface area contributed by atoms with Gasteiger partial charge in [-0.25, -0.2) is 4.39 Å². The molecular weight excluding hydrogens is 255 g/mol. The van der Waals surface area contributed by atoms with Crippen molar-refractivity contribution in [3.8, 4) is 0 Å². The quantitative estimate of drug-likeness (QED) is 0.829. The topological polar surface area (TPSA) is 24.5 Å². The Hall–Kier alpha value is -0.970. The monoisotopic (exact) mass is 280 g/mol. The van der Waals surface area contributed by atoms with E-state index in [4.69, 9.17) is 4.74 Å². The summed E-state index contributed by atoms with van der Waals surface area (Å²) >= 11 is 0. The minimum absolute atomic E-state index is 0.122. The Morgan fingerprint density at radius 1 is 1.45 bits per heavy atom. The van der Waals surface area contributed by atoms with Gasteiger partial charge in [0.25, 0.3) is 0 Å². The van der Waals surface area contributed by atoms with E-state index in [1.54, 1.807) is 6.07 Å². The predicted octanol–water partition coefficient (Wildman–Crippen LogP) is 2.27. The minimum atomic E-state index is -0.122. The van der Waals surface area contributed by atoms with Crippen LogP contribution in [0.15, 0.2) is 24.3 Å². The molecule has 1 aliphatic heterocycles. The van der Waals surface area contributed by atoms with Crippen molar-refractivity contribution in [3.05, 3.63) is 35.6 Å². The second-order valence-electron chi connectivity index (χ2n) is 5.58. The van der Waals surface area contributed by atoms with E-state index in [9.17, 15) is 4.39 Å². The number of ether oxygens (including phenoxy) is 1. The van der Waals surface area contributed by atoms with Crippen LogP contribution in [-0.4, -0.2) is 44.3 Å². The maximum Gasteiger partial charge on any atom is 0.127 e. The fourth-order valence-electron chi connectivity index (χ4n) is 2.83. The van der Waals surface area contributed by atoms with Crippen LogP contribution in [0.4, 0.5) is 4.39 Å². The third-order valence-electron chi connectivity index (χ3n) is 3.91. The maximum absolute atomic E-state index is 13.7. The van der Waals surface area contributed by atoms with Gasteiger partial charge >= 0.3 is 0 Å². The van der Waals surface area contributed by atoms with Gasteiger partial charge < -0.3 is 15.0 Å². The molecule has 1 heterocycles. The number of rotatable bonds is 7. The molecule has 2 unspecified atom stereocenters. The Kier molecular flexibility index (Phi) is 5.95. The standard InChI is InChI=1S/C16H25FN2O/c1-3-18-16(14-8-9-20-12-14)11-19(2)10-13-6-4-5-7-15(13)17/h4-7,14,16,18H,3,8-12H2,1-2H3. The number of benzene rings is 1. The van der Waals surface area contributed by atoms with Gasteiger partial charge in [0.15, 0.2) is 0 Å². The number of nitrogens with zero attached hydrogens (tertiary/aromatic N) is 1. The van der Waals surface area contributed by atoms with Crippen molar-refractivity contribution in [1.29, 1.82) is 0 Å². The molecular formula is C16H25FN2O. The van der Waals surface area contributed by atoms with Gasteiger partial charge in [-0.1, -0.05) is 25.1 Å². The summed E-state index contributed by atoms with van der Waals surface area (Å²) in [5.41, 5.74) is 0.757. The highest BCUT2D eigenvalue weighted by Gasteiger charge is 2.26. The fourth-order valence-corrected chi connectivity index (χ4v) is 2.83. The Morgan fingerprint density at radius 2 is 2.25 bits per heavy atom. The Balaban J connectivity index is 1.90. The van der Waals surface area contributed by atoms with Crippen molar-refractivity contribution >= 4 is 0 Å². The van der Waals surface area contributed by atoms with Crippen molar-refractivity contribution in [2.75, 3.05) is 33.4 Å². The molecule has 1 saturated heterocycles. The Morgan fingerprint density at radius 3 is 2.90 bits per heavy atom. The highest BCUT2D eigenvalue weighted by molar-refractivity contribution is 5.17. The summed E-state index contributed by atoms with van der Waals surface area (Å²) in [6.45, 7) is 6.33. The molecule has 0 spiro atoms. The number of hydrogen-bond acceptors (Lipinski definition) is 3. The lowest BCUT2D eigenvalue weighted by Gasteiger charge is -2.28. The number of likely N-dealkylation sites (N-methyl/N-ethyl adjacent to an activating group) is 2. The van der Waals surface area contributed by atoms with Crippen LogP contribution < -0.4 is 5.32 Å². The molecule has 3 nitrogen and oxygen atoms in total. The van der Waals surface area contributed by atoms with Crippen molar-refractivity contribution in [2.24, 2.45) is 5.92 Å². The molecule has 2 rings (SSSR count). The number of hydrogen-bond donors (Lipinski definition) is 1. The lowest BCUT2D eigenvalue weighted by atomic mass is 9.98. The molecule has 1 aromatic carbocycles. The first kappa shape index (κ1) is 15.4. The predicted molar refractivity (Wildman–Crippen MR) is 79.1 cm³/mol. The van der Waals surface area contributed by atoms with Crippen LogP contribution in [0, 0.1) is 11.7 Å². The molecule has 2 atom stereocenters. The van der Waals surface area contributed by atoms with Gasteiger partial charge in [-0.2, -0.15) is 0 Å². The average Bonchev–Trinajstić information content (AvgIpc) is 2.95. The van der Waals surface area contributed by atoms with Gasteiger partial charge in [0.05, 0.1) is 6.61 Å². The maximum atomic E-state index is 13.7. The largest absolute Gasteiger partial charge is 0.381 e. The summed E-state index contributed by atoms with van der Waals surface area (Å²) in [5, 5.41) is 3.54. The fraction of sp³-hybridized carbons (Fsp3) is 0.625. The van der Waals surface area contributed by atoms with E-state index < -0.39 is 0 Å². The van der Waals surface area contributed by atoms with E-state index >= 15 is 0 Å². The Labute approximate surface area is 121 Å². The highest BCUT2D eigenvalue weighted by Crippen LogP contribution is 2.18. The van der Waals surface area contributed by atoms with Crippen molar-refractivity contribution in [2.45, 2.75) is 25.9 Å². The van der Waals surface area contributed by atoms with Crippen LogP contribution in [0.3, 0.4) is 0 Å². The first-order valence-corrected chi connectivity index (χ1v) is 7.43. The van der Waals surface area contributed by atoms with Crippen LogP contribution in [0.25, 0.3) is 0 Å². The highest BCUT2D eigenvalue weighted by atomic mass is 19.1. The molecule has 0 amide bonds. The summed E-state index contributed by atoms with van der Waals surface area (Å²) in [4.78, 5) is 2.18. The van der Waals surface area contributed by atoms with E-state index in [0.29, 0.717) is 18.5 Å². The van der Waals surface area contributed by atoms with Crippen molar-refractivity contribution in [3.63, 3.8) is 0 Å². The van der Waals surface area contributed by atoms with Gasteiger partial charge in [-0.3, -0.25) is 0 Å². The van der Waals surface area contributed by atoms with E-state index in [-0.39, 0.29) is 5.82 Å². The molecule has 0 radical (unpaired) electrons. The van der Waals surface area contributed by atoms with Gasteiger partial charge in [-0.15, -0.1) is 0 Å². The van der Waals surface area contributed by atoms with Crippen LogP contribution in [-0.2, 0) is 11.3 Å². The first-order valence-electron chi connectivity index (χ1n) is 7.43. The molecule has 1 aromatic rings. The molecule has 0 saturated carbocycles. The average molecular weight is 280 g/mol. The summed E-state index contributed by atoms with van der Waals surface area (Å²) in [6.07, 6.45) is 1.12.